The summed E-state index contributed by atoms with van der Waals surface area (Å²) < 4.78 is 22.7. The van der Waals surface area contributed by atoms with Gasteiger partial charge >= 0.3 is 0 Å². The number of sulfone groups is 1. The third kappa shape index (κ3) is 3.33. The van der Waals surface area contributed by atoms with Crippen LogP contribution in [0.4, 0.5) is 0 Å². The Balaban J connectivity index is 2.16. The first-order valence-electron chi connectivity index (χ1n) is 6.31. The van der Waals surface area contributed by atoms with Gasteiger partial charge in [0.2, 0.25) is 0 Å². The molecule has 1 aliphatic heterocycles. The van der Waals surface area contributed by atoms with Gasteiger partial charge in [-0.2, -0.15) is 0 Å². The molecule has 0 radical (unpaired) electrons. The van der Waals surface area contributed by atoms with Crippen LogP contribution >= 0.6 is 0 Å². The highest BCUT2D eigenvalue weighted by Gasteiger charge is 2.26. The van der Waals surface area contributed by atoms with Gasteiger partial charge < -0.3 is 10.6 Å². The minimum Gasteiger partial charge on any atom is -0.337 e. The maximum absolute atomic E-state index is 12.4. The van der Waals surface area contributed by atoms with Gasteiger partial charge in [-0.3, -0.25) is 4.79 Å². The van der Waals surface area contributed by atoms with E-state index in [1.54, 1.807) is 11.0 Å². The summed E-state index contributed by atoms with van der Waals surface area (Å²) >= 11 is 0. The lowest BCUT2D eigenvalue weighted by Crippen LogP contribution is -2.44. The van der Waals surface area contributed by atoms with Gasteiger partial charge in [0.1, 0.15) is 0 Å². The maximum atomic E-state index is 12.4. The lowest BCUT2D eigenvalue weighted by molar-refractivity contribution is 0.0769. The van der Waals surface area contributed by atoms with Crippen molar-refractivity contribution in [3.63, 3.8) is 0 Å². The first-order valence-corrected chi connectivity index (χ1v) is 8.13. The minimum atomic E-state index is -2.97. The van der Waals surface area contributed by atoms with E-state index >= 15 is 0 Å². The van der Waals surface area contributed by atoms with Crippen LogP contribution in [0.5, 0.6) is 0 Å². The number of carbonyl (C=O) groups excluding carboxylic acids is 1. The normalized spacial score (nSPS) is 18.3. The Morgan fingerprint density at radius 3 is 2.47 bits per heavy atom. The quantitative estimate of drug-likeness (QED) is 0.850. The van der Waals surface area contributed by atoms with Crippen LogP contribution in [0.3, 0.4) is 0 Å². The van der Waals surface area contributed by atoms with Gasteiger partial charge in [0.25, 0.3) is 5.91 Å². The van der Waals surface area contributed by atoms with E-state index in [0.717, 1.165) is 5.56 Å². The van der Waals surface area contributed by atoms with E-state index in [-0.39, 0.29) is 30.5 Å². The van der Waals surface area contributed by atoms with E-state index in [0.29, 0.717) is 18.5 Å². The number of hydrogen-bond donors (Lipinski definition) is 1. The van der Waals surface area contributed by atoms with Crippen molar-refractivity contribution in [2.75, 3.05) is 31.1 Å². The lowest BCUT2D eigenvalue weighted by atomic mass is 10.0. The zero-order valence-corrected chi connectivity index (χ0v) is 11.5. The predicted octanol–water partition coefficient (Wildman–Crippen LogP) is 0.0584. The smallest absolute Gasteiger partial charge is 0.254 e. The van der Waals surface area contributed by atoms with Crippen molar-refractivity contribution >= 4 is 15.7 Å². The Morgan fingerprint density at radius 1 is 1.21 bits per heavy atom. The summed E-state index contributed by atoms with van der Waals surface area (Å²) in [6.07, 6.45) is 0.647. The molecule has 1 fully saturated rings. The van der Waals surface area contributed by atoms with Crippen molar-refractivity contribution < 1.29 is 13.2 Å². The van der Waals surface area contributed by atoms with Crippen LogP contribution in [-0.2, 0) is 16.3 Å². The Morgan fingerprint density at radius 2 is 1.84 bits per heavy atom. The molecule has 1 heterocycles. The molecule has 1 amide bonds. The Kier molecular flexibility index (Phi) is 4.21. The van der Waals surface area contributed by atoms with Crippen LogP contribution in [0.1, 0.15) is 15.9 Å². The van der Waals surface area contributed by atoms with E-state index in [4.69, 9.17) is 5.73 Å². The second kappa shape index (κ2) is 5.71. The molecule has 1 aliphatic rings. The van der Waals surface area contributed by atoms with Gasteiger partial charge in [-0.05, 0) is 24.6 Å². The summed E-state index contributed by atoms with van der Waals surface area (Å²) in [6.45, 7) is 1.04. The number of amides is 1. The van der Waals surface area contributed by atoms with E-state index < -0.39 is 9.84 Å². The monoisotopic (exact) mass is 282 g/mol. The van der Waals surface area contributed by atoms with Crippen LogP contribution in [0.2, 0.25) is 0 Å². The average molecular weight is 282 g/mol. The molecule has 19 heavy (non-hydrogen) atoms. The molecule has 0 spiro atoms. The van der Waals surface area contributed by atoms with Crippen LogP contribution in [0.15, 0.2) is 24.3 Å². The van der Waals surface area contributed by atoms with E-state index in [9.17, 15) is 13.2 Å². The van der Waals surface area contributed by atoms with Crippen molar-refractivity contribution in [1.29, 1.82) is 0 Å². The Bertz CT molecular complexity index is 555. The first kappa shape index (κ1) is 14.0. The number of carbonyl (C=O) groups is 1. The van der Waals surface area contributed by atoms with Gasteiger partial charge in [0, 0.05) is 18.7 Å². The second-order valence-corrected chi connectivity index (χ2v) is 6.94. The number of benzene rings is 1. The van der Waals surface area contributed by atoms with E-state index in [1.165, 1.54) is 0 Å². The fourth-order valence-corrected chi connectivity index (χ4v) is 3.39. The molecule has 0 unspecified atom stereocenters. The molecule has 0 aromatic heterocycles. The van der Waals surface area contributed by atoms with Gasteiger partial charge in [0.15, 0.2) is 9.84 Å². The fraction of sp³-hybridized carbons (Fsp3) is 0.462. The topological polar surface area (TPSA) is 80.5 Å². The summed E-state index contributed by atoms with van der Waals surface area (Å²) in [5.41, 5.74) is 7.09. The highest BCUT2D eigenvalue weighted by Crippen LogP contribution is 2.14. The standard InChI is InChI=1S/C13H18N2O3S/c14-6-5-11-3-1-2-4-12(11)13(16)15-7-9-19(17,18)10-8-15/h1-4H,5-10,14H2. The molecule has 1 aromatic carbocycles. The summed E-state index contributed by atoms with van der Waals surface area (Å²) in [7, 11) is -2.97. The van der Waals surface area contributed by atoms with Crippen molar-refractivity contribution in [3.8, 4) is 0 Å². The Labute approximate surface area is 113 Å². The molecule has 0 aliphatic carbocycles. The molecule has 6 heteroatoms. The molecule has 0 saturated carbocycles. The number of nitrogens with zero attached hydrogens (tertiary/aromatic N) is 1. The largest absolute Gasteiger partial charge is 0.337 e. The van der Waals surface area contributed by atoms with E-state index in [1.807, 2.05) is 18.2 Å². The predicted molar refractivity (Wildman–Crippen MR) is 73.8 cm³/mol. The van der Waals surface area contributed by atoms with Crippen LogP contribution < -0.4 is 5.73 Å². The third-order valence-corrected chi connectivity index (χ3v) is 4.90. The molecule has 2 rings (SSSR count). The van der Waals surface area contributed by atoms with Gasteiger partial charge in [-0.1, -0.05) is 18.2 Å². The summed E-state index contributed by atoms with van der Waals surface area (Å²) in [5, 5.41) is 0. The maximum Gasteiger partial charge on any atom is 0.254 e. The zero-order chi connectivity index (χ0) is 13.9. The molecular formula is C13H18N2O3S. The summed E-state index contributed by atoms with van der Waals surface area (Å²) in [4.78, 5) is 14.0. The highest BCUT2D eigenvalue weighted by molar-refractivity contribution is 7.91. The summed E-state index contributed by atoms with van der Waals surface area (Å²) in [5.74, 6) is 0.00854. The van der Waals surface area contributed by atoms with Gasteiger partial charge in [-0.15, -0.1) is 0 Å². The molecule has 5 nitrogen and oxygen atoms in total. The lowest BCUT2D eigenvalue weighted by Gasteiger charge is -2.27. The minimum absolute atomic E-state index is 0.0534. The number of hydrogen-bond acceptors (Lipinski definition) is 4. The van der Waals surface area contributed by atoms with Crippen LogP contribution in [-0.4, -0.2) is 50.4 Å². The molecule has 2 N–H and O–H groups in total. The van der Waals surface area contributed by atoms with Crippen LogP contribution in [0, 0.1) is 0 Å². The molecule has 0 bridgehead atoms. The highest BCUT2D eigenvalue weighted by atomic mass is 32.2. The zero-order valence-electron chi connectivity index (χ0n) is 10.7. The first-order chi connectivity index (χ1) is 9.03. The molecule has 0 atom stereocenters. The van der Waals surface area contributed by atoms with Crippen molar-refractivity contribution in [3.05, 3.63) is 35.4 Å². The fourth-order valence-electron chi connectivity index (χ4n) is 2.19. The third-order valence-electron chi connectivity index (χ3n) is 3.29. The van der Waals surface area contributed by atoms with Gasteiger partial charge in [-0.25, -0.2) is 8.42 Å². The SMILES string of the molecule is NCCc1ccccc1C(=O)N1CCS(=O)(=O)CC1. The average Bonchev–Trinajstić information content (AvgIpc) is 2.39. The van der Waals surface area contributed by atoms with Crippen molar-refractivity contribution in [2.45, 2.75) is 6.42 Å². The molecular weight excluding hydrogens is 264 g/mol. The molecule has 1 aromatic rings. The summed E-state index contributed by atoms with van der Waals surface area (Å²) in [6, 6.07) is 7.35. The van der Waals surface area contributed by atoms with Crippen molar-refractivity contribution in [2.24, 2.45) is 5.73 Å². The van der Waals surface area contributed by atoms with Gasteiger partial charge in [0.05, 0.1) is 11.5 Å². The van der Waals surface area contributed by atoms with E-state index in [2.05, 4.69) is 0 Å². The second-order valence-electron chi connectivity index (χ2n) is 4.64. The van der Waals surface area contributed by atoms with Crippen LogP contribution in [0.25, 0.3) is 0 Å². The van der Waals surface area contributed by atoms with Crippen molar-refractivity contribution in [1.82, 2.24) is 4.90 Å². The number of rotatable bonds is 3. The number of nitrogens with two attached hydrogens (primary N) is 1. The molecule has 104 valence electrons. The molecule has 1 saturated heterocycles. The Hall–Kier alpha value is -1.40.